The number of nitrogens with zero attached hydrogens (tertiary/aromatic N) is 2. The summed E-state index contributed by atoms with van der Waals surface area (Å²) in [6, 6.07) is 11.6. The molecular formula is C26H32N2O5. The third-order valence-electron chi connectivity index (χ3n) is 5.92. The number of carbonyl (C=O) groups excluding carboxylic acids is 1. The molecule has 1 saturated heterocycles. The highest BCUT2D eigenvalue weighted by atomic mass is 16.5. The van der Waals surface area contributed by atoms with Gasteiger partial charge >= 0.3 is 0 Å². The number of hydrogen-bond donors (Lipinski definition) is 0. The summed E-state index contributed by atoms with van der Waals surface area (Å²) >= 11 is 0. The van der Waals surface area contributed by atoms with Crippen LogP contribution in [0.5, 0.6) is 17.2 Å². The number of carbonyl (C=O) groups is 1. The third kappa shape index (κ3) is 5.67. The van der Waals surface area contributed by atoms with Crippen LogP contribution in [-0.2, 0) is 16.0 Å². The van der Waals surface area contributed by atoms with Gasteiger partial charge in [0.25, 0.3) is 5.91 Å². The van der Waals surface area contributed by atoms with Crippen molar-refractivity contribution in [1.82, 2.24) is 4.90 Å². The number of rotatable bonds is 9. The van der Waals surface area contributed by atoms with E-state index in [1.807, 2.05) is 49.4 Å². The van der Waals surface area contributed by atoms with E-state index in [-0.39, 0.29) is 5.91 Å². The minimum atomic E-state index is -0.0653. The van der Waals surface area contributed by atoms with Crippen molar-refractivity contribution in [2.24, 2.45) is 0 Å². The molecule has 1 amide bonds. The molecule has 0 bridgehead atoms. The molecule has 0 N–H and O–H groups in total. The molecule has 33 heavy (non-hydrogen) atoms. The second-order valence-corrected chi connectivity index (χ2v) is 7.98. The minimum absolute atomic E-state index is 0.0653. The van der Waals surface area contributed by atoms with Gasteiger partial charge in [0, 0.05) is 43.9 Å². The number of fused-ring (bicyclic) bond motifs is 1. The lowest BCUT2D eigenvalue weighted by molar-refractivity contribution is -0.114. The van der Waals surface area contributed by atoms with Crippen LogP contribution in [0.4, 0.5) is 5.69 Å². The normalized spacial score (nSPS) is 16.1. The fraction of sp³-hybridized carbons (Fsp3) is 0.423. The number of morpholine rings is 1. The van der Waals surface area contributed by atoms with Gasteiger partial charge in [-0.15, -0.1) is 0 Å². The van der Waals surface area contributed by atoms with E-state index in [4.69, 9.17) is 18.9 Å². The van der Waals surface area contributed by atoms with Gasteiger partial charge in [-0.25, -0.2) is 0 Å². The summed E-state index contributed by atoms with van der Waals surface area (Å²) in [5.74, 6) is 2.07. The Bertz CT molecular complexity index is 985. The number of methoxy groups -OCH3 is 1. The molecule has 0 spiro atoms. The molecule has 4 rings (SSSR count). The van der Waals surface area contributed by atoms with Gasteiger partial charge in [-0.2, -0.15) is 0 Å². The molecule has 7 heteroatoms. The predicted molar refractivity (Wildman–Crippen MR) is 128 cm³/mol. The lowest BCUT2D eigenvalue weighted by Gasteiger charge is -2.26. The number of ether oxygens (including phenoxy) is 4. The number of hydrogen-bond acceptors (Lipinski definition) is 6. The van der Waals surface area contributed by atoms with E-state index >= 15 is 0 Å². The van der Waals surface area contributed by atoms with E-state index < -0.39 is 0 Å². The highest BCUT2D eigenvalue weighted by Crippen LogP contribution is 2.39. The zero-order valence-electron chi connectivity index (χ0n) is 19.4. The van der Waals surface area contributed by atoms with Crippen molar-refractivity contribution in [3.63, 3.8) is 0 Å². The van der Waals surface area contributed by atoms with Crippen LogP contribution in [0.3, 0.4) is 0 Å². The largest absolute Gasteiger partial charge is 0.493 e. The van der Waals surface area contributed by atoms with Crippen LogP contribution in [-0.4, -0.2) is 70.5 Å². The van der Waals surface area contributed by atoms with E-state index in [2.05, 4.69) is 4.90 Å². The molecule has 2 aliphatic heterocycles. The first-order valence-electron chi connectivity index (χ1n) is 11.5. The number of anilines is 1. The van der Waals surface area contributed by atoms with Gasteiger partial charge in [-0.05, 0) is 37.1 Å². The molecule has 2 aromatic carbocycles. The standard InChI is InChI=1S/C26H32N2O5/c1-3-32-23-7-5-4-6-20(23)8-9-26(29)28-11-10-21-18-24(30-2)25(19-22(21)28)33-17-14-27-12-15-31-16-13-27/h4-9,18-19H,3,10-17H2,1-2H3/b9-8+. The van der Waals surface area contributed by atoms with Gasteiger partial charge in [-0.3, -0.25) is 9.69 Å². The molecule has 0 aromatic heterocycles. The van der Waals surface area contributed by atoms with Crippen molar-refractivity contribution in [2.75, 3.05) is 64.6 Å². The molecule has 2 heterocycles. The zero-order chi connectivity index (χ0) is 23.0. The average Bonchev–Trinajstić information content (AvgIpc) is 3.26. The second-order valence-electron chi connectivity index (χ2n) is 7.98. The van der Waals surface area contributed by atoms with Crippen molar-refractivity contribution in [1.29, 1.82) is 0 Å². The summed E-state index contributed by atoms with van der Waals surface area (Å²) in [7, 11) is 1.65. The fourth-order valence-electron chi connectivity index (χ4n) is 4.16. The Balaban J connectivity index is 1.46. The summed E-state index contributed by atoms with van der Waals surface area (Å²) < 4.78 is 22.7. The number of para-hydroxylation sites is 1. The molecule has 2 aliphatic rings. The van der Waals surface area contributed by atoms with Gasteiger partial charge in [0.05, 0.1) is 32.6 Å². The van der Waals surface area contributed by atoms with E-state index in [0.717, 1.165) is 61.8 Å². The Morgan fingerprint density at radius 2 is 1.88 bits per heavy atom. The van der Waals surface area contributed by atoms with E-state index in [1.165, 1.54) is 0 Å². The summed E-state index contributed by atoms with van der Waals surface area (Å²) in [6.45, 7) is 7.91. The van der Waals surface area contributed by atoms with E-state index in [1.54, 1.807) is 18.1 Å². The van der Waals surface area contributed by atoms with Crippen molar-refractivity contribution in [2.45, 2.75) is 13.3 Å². The third-order valence-corrected chi connectivity index (χ3v) is 5.92. The van der Waals surface area contributed by atoms with E-state index in [0.29, 0.717) is 31.3 Å². The monoisotopic (exact) mass is 452 g/mol. The molecule has 2 aromatic rings. The van der Waals surface area contributed by atoms with Gasteiger partial charge in [-0.1, -0.05) is 18.2 Å². The van der Waals surface area contributed by atoms with Crippen molar-refractivity contribution in [3.05, 3.63) is 53.6 Å². The summed E-state index contributed by atoms with van der Waals surface area (Å²) in [6.07, 6.45) is 4.21. The minimum Gasteiger partial charge on any atom is -0.493 e. The van der Waals surface area contributed by atoms with Crippen LogP contribution in [0.15, 0.2) is 42.5 Å². The number of amides is 1. The van der Waals surface area contributed by atoms with Gasteiger partial charge in [0.2, 0.25) is 0 Å². The molecule has 0 saturated carbocycles. The summed E-state index contributed by atoms with van der Waals surface area (Å²) in [5.41, 5.74) is 2.85. The Hall–Kier alpha value is -3.03. The molecule has 1 fully saturated rings. The average molecular weight is 453 g/mol. The fourth-order valence-corrected chi connectivity index (χ4v) is 4.16. The molecule has 0 aliphatic carbocycles. The first-order valence-corrected chi connectivity index (χ1v) is 11.5. The molecule has 7 nitrogen and oxygen atoms in total. The SMILES string of the molecule is CCOc1ccccc1/C=C/C(=O)N1CCc2cc(OC)c(OCCN3CCOCC3)cc21. The van der Waals surface area contributed by atoms with Crippen molar-refractivity contribution < 1.29 is 23.7 Å². The lowest BCUT2D eigenvalue weighted by atomic mass is 10.1. The Morgan fingerprint density at radius 1 is 1.06 bits per heavy atom. The highest BCUT2D eigenvalue weighted by molar-refractivity contribution is 6.05. The van der Waals surface area contributed by atoms with Crippen LogP contribution in [0, 0.1) is 0 Å². The summed E-state index contributed by atoms with van der Waals surface area (Å²) in [4.78, 5) is 17.2. The highest BCUT2D eigenvalue weighted by Gasteiger charge is 2.26. The van der Waals surface area contributed by atoms with Crippen molar-refractivity contribution >= 4 is 17.7 Å². The predicted octanol–water partition coefficient (Wildman–Crippen LogP) is 3.41. The van der Waals surface area contributed by atoms with Crippen LogP contribution in [0.2, 0.25) is 0 Å². The van der Waals surface area contributed by atoms with Crippen LogP contribution >= 0.6 is 0 Å². The van der Waals surface area contributed by atoms with Crippen LogP contribution in [0.25, 0.3) is 6.08 Å². The molecule has 0 unspecified atom stereocenters. The zero-order valence-corrected chi connectivity index (χ0v) is 19.4. The van der Waals surface area contributed by atoms with Gasteiger partial charge in [0.1, 0.15) is 12.4 Å². The Morgan fingerprint density at radius 3 is 2.67 bits per heavy atom. The molecular weight excluding hydrogens is 420 g/mol. The first-order chi connectivity index (χ1) is 16.2. The second kappa shape index (κ2) is 11.2. The topological polar surface area (TPSA) is 60.5 Å². The molecule has 176 valence electrons. The van der Waals surface area contributed by atoms with Crippen LogP contribution < -0.4 is 19.1 Å². The maximum absolute atomic E-state index is 13.0. The Labute approximate surface area is 195 Å². The smallest absolute Gasteiger partial charge is 0.251 e. The van der Waals surface area contributed by atoms with E-state index in [9.17, 15) is 4.79 Å². The quantitative estimate of drug-likeness (QED) is 0.544. The molecule has 0 radical (unpaired) electrons. The van der Waals surface area contributed by atoms with Gasteiger partial charge < -0.3 is 23.8 Å². The van der Waals surface area contributed by atoms with Crippen LogP contribution in [0.1, 0.15) is 18.1 Å². The summed E-state index contributed by atoms with van der Waals surface area (Å²) in [5, 5.41) is 0. The van der Waals surface area contributed by atoms with Gasteiger partial charge in [0.15, 0.2) is 11.5 Å². The maximum Gasteiger partial charge on any atom is 0.251 e. The first kappa shape index (κ1) is 23.1. The number of benzene rings is 2. The Kier molecular flexibility index (Phi) is 7.86. The maximum atomic E-state index is 13.0. The molecule has 0 atom stereocenters. The van der Waals surface area contributed by atoms with Crippen molar-refractivity contribution in [3.8, 4) is 17.2 Å². The lowest BCUT2D eigenvalue weighted by Crippen LogP contribution is -2.38.